The lowest BCUT2D eigenvalue weighted by Crippen LogP contribution is -2.49. The summed E-state index contributed by atoms with van der Waals surface area (Å²) in [6.45, 7) is 7.03. The molecule has 1 fully saturated rings. The van der Waals surface area contributed by atoms with E-state index >= 15 is 0 Å². The number of halogens is 1. The fourth-order valence-corrected chi connectivity index (χ4v) is 3.15. The fraction of sp³-hybridized carbons (Fsp3) is 0.450. The molecular formula is C20H26FN5O. The minimum atomic E-state index is -0.230. The van der Waals surface area contributed by atoms with Gasteiger partial charge in [-0.1, -0.05) is 25.5 Å². The zero-order valence-electron chi connectivity index (χ0n) is 15.9. The van der Waals surface area contributed by atoms with Gasteiger partial charge in [0.15, 0.2) is 0 Å². The van der Waals surface area contributed by atoms with Crippen LogP contribution in [0.3, 0.4) is 0 Å². The Bertz CT molecular complexity index is 790. The Morgan fingerprint density at radius 2 is 1.93 bits per heavy atom. The number of rotatable bonds is 6. The van der Waals surface area contributed by atoms with Crippen LogP contribution in [0.15, 0.2) is 30.3 Å². The quantitative estimate of drug-likeness (QED) is 0.791. The van der Waals surface area contributed by atoms with E-state index in [0.717, 1.165) is 25.1 Å². The topological polar surface area (TPSA) is 61.4 Å². The summed E-state index contributed by atoms with van der Waals surface area (Å²) in [6, 6.07) is 8.46. The molecule has 0 radical (unpaired) electrons. The lowest BCUT2D eigenvalue weighted by Gasteiger charge is -2.36. The number of carbonyl (C=O) groups is 1. The fourth-order valence-electron chi connectivity index (χ4n) is 3.15. The molecule has 6 nitrogen and oxygen atoms in total. The van der Waals surface area contributed by atoms with Crippen LogP contribution in [-0.2, 0) is 0 Å². The van der Waals surface area contributed by atoms with Crippen molar-refractivity contribution in [2.75, 3.05) is 42.9 Å². The van der Waals surface area contributed by atoms with Gasteiger partial charge in [0.2, 0.25) is 5.95 Å². The number of nitrogens with one attached hydrogen (secondary N) is 1. The van der Waals surface area contributed by atoms with Crippen molar-refractivity contribution >= 4 is 17.5 Å². The SMILES string of the molecule is CCCCNc1nc(C)cc(C(=O)N2CCN(c3ccccc3F)CC2)n1. The van der Waals surface area contributed by atoms with Crippen LogP contribution in [0.5, 0.6) is 0 Å². The minimum Gasteiger partial charge on any atom is -0.366 e. The highest BCUT2D eigenvalue weighted by Gasteiger charge is 2.24. The second-order valence-corrected chi connectivity index (χ2v) is 6.73. The summed E-state index contributed by atoms with van der Waals surface area (Å²) < 4.78 is 14.0. The Morgan fingerprint density at radius 1 is 1.19 bits per heavy atom. The molecule has 1 N–H and O–H groups in total. The maximum absolute atomic E-state index is 14.0. The lowest BCUT2D eigenvalue weighted by molar-refractivity contribution is 0.0740. The molecule has 1 saturated heterocycles. The van der Waals surface area contributed by atoms with Crippen molar-refractivity contribution in [3.05, 3.63) is 47.5 Å². The van der Waals surface area contributed by atoms with Crippen molar-refractivity contribution in [1.82, 2.24) is 14.9 Å². The highest BCUT2D eigenvalue weighted by molar-refractivity contribution is 5.92. The number of carbonyl (C=O) groups excluding carboxylic acids is 1. The summed E-state index contributed by atoms with van der Waals surface area (Å²) in [7, 11) is 0. The van der Waals surface area contributed by atoms with E-state index in [0.29, 0.717) is 43.5 Å². The number of aryl methyl sites for hydroxylation is 1. The molecule has 0 aliphatic carbocycles. The van der Waals surface area contributed by atoms with E-state index in [4.69, 9.17) is 0 Å². The highest BCUT2D eigenvalue weighted by atomic mass is 19.1. The third-order valence-electron chi connectivity index (χ3n) is 4.65. The van der Waals surface area contributed by atoms with Gasteiger partial charge in [0.1, 0.15) is 11.5 Å². The van der Waals surface area contributed by atoms with Crippen molar-refractivity contribution in [1.29, 1.82) is 0 Å². The van der Waals surface area contributed by atoms with Gasteiger partial charge in [-0.3, -0.25) is 4.79 Å². The smallest absolute Gasteiger partial charge is 0.272 e. The molecular weight excluding hydrogens is 345 g/mol. The second-order valence-electron chi connectivity index (χ2n) is 6.73. The molecule has 1 aliphatic heterocycles. The Balaban J connectivity index is 1.64. The van der Waals surface area contributed by atoms with Crippen molar-refractivity contribution in [3.63, 3.8) is 0 Å². The van der Waals surface area contributed by atoms with Crippen LogP contribution in [0.25, 0.3) is 0 Å². The van der Waals surface area contributed by atoms with Gasteiger partial charge in [0, 0.05) is 38.4 Å². The minimum absolute atomic E-state index is 0.104. The molecule has 0 spiro atoms. The van der Waals surface area contributed by atoms with E-state index in [2.05, 4.69) is 22.2 Å². The second kappa shape index (κ2) is 8.79. The van der Waals surface area contributed by atoms with Gasteiger partial charge in [0.25, 0.3) is 5.91 Å². The predicted octanol–water partition coefficient (Wildman–Crippen LogP) is 3.10. The van der Waals surface area contributed by atoms with Crippen LogP contribution in [0.2, 0.25) is 0 Å². The zero-order chi connectivity index (χ0) is 19.2. The van der Waals surface area contributed by atoms with Crippen molar-refractivity contribution in [2.45, 2.75) is 26.7 Å². The van der Waals surface area contributed by atoms with E-state index in [1.807, 2.05) is 17.9 Å². The van der Waals surface area contributed by atoms with Gasteiger partial charge >= 0.3 is 0 Å². The monoisotopic (exact) mass is 371 g/mol. The summed E-state index contributed by atoms with van der Waals surface area (Å²) in [4.78, 5) is 25.3. The third-order valence-corrected chi connectivity index (χ3v) is 4.65. The first kappa shape index (κ1) is 19.1. The summed E-state index contributed by atoms with van der Waals surface area (Å²) in [5, 5.41) is 3.18. The average molecular weight is 371 g/mol. The number of nitrogens with zero attached hydrogens (tertiary/aromatic N) is 4. The van der Waals surface area contributed by atoms with Gasteiger partial charge in [-0.05, 0) is 31.5 Å². The van der Waals surface area contributed by atoms with E-state index in [1.54, 1.807) is 23.1 Å². The summed E-state index contributed by atoms with van der Waals surface area (Å²) in [5.41, 5.74) is 1.75. The Kier molecular flexibility index (Phi) is 6.21. The maximum atomic E-state index is 14.0. The van der Waals surface area contributed by atoms with Crippen LogP contribution in [0, 0.1) is 12.7 Å². The number of anilines is 2. The van der Waals surface area contributed by atoms with Crippen LogP contribution < -0.4 is 10.2 Å². The van der Waals surface area contributed by atoms with E-state index < -0.39 is 0 Å². The van der Waals surface area contributed by atoms with E-state index in [-0.39, 0.29) is 11.7 Å². The number of aromatic nitrogens is 2. The number of hydrogen-bond acceptors (Lipinski definition) is 5. The van der Waals surface area contributed by atoms with Crippen molar-refractivity contribution in [2.24, 2.45) is 0 Å². The molecule has 1 aromatic heterocycles. The van der Waals surface area contributed by atoms with Gasteiger partial charge in [-0.25, -0.2) is 14.4 Å². The number of benzene rings is 1. The maximum Gasteiger partial charge on any atom is 0.272 e. The first-order chi connectivity index (χ1) is 13.1. The number of para-hydroxylation sites is 1. The molecule has 1 aromatic carbocycles. The predicted molar refractivity (Wildman–Crippen MR) is 105 cm³/mol. The van der Waals surface area contributed by atoms with Crippen molar-refractivity contribution < 1.29 is 9.18 Å². The van der Waals surface area contributed by atoms with Gasteiger partial charge in [0.05, 0.1) is 5.69 Å². The van der Waals surface area contributed by atoms with Crippen LogP contribution in [0.4, 0.5) is 16.0 Å². The van der Waals surface area contributed by atoms with Crippen LogP contribution >= 0.6 is 0 Å². The number of piperazine rings is 1. The van der Waals surface area contributed by atoms with Crippen molar-refractivity contribution in [3.8, 4) is 0 Å². The normalized spacial score (nSPS) is 14.3. The van der Waals surface area contributed by atoms with Gasteiger partial charge < -0.3 is 15.1 Å². The van der Waals surface area contributed by atoms with E-state index in [9.17, 15) is 9.18 Å². The van der Waals surface area contributed by atoms with Crippen LogP contribution in [-0.4, -0.2) is 53.5 Å². The molecule has 0 atom stereocenters. The number of amides is 1. The highest BCUT2D eigenvalue weighted by Crippen LogP contribution is 2.20. The zero-order valence-corrected chi connectivity index (χ0v) is 15.9. The Labute approximate surface area is 159 Å². The molecule has 0 saturated carbocycles. The summed E-state index contributed by atoms with van der Waals surface area (Å²) in [5.74, 6) is 0.163. The molecule has 3 rings (SSSR count). The molecule has 7 heteroatoms. The molecule has 2 aromatic rings. The molecule has 1 aliphatic rings. The molecule has 2 heterocycles. The Morgan fingerprint density at radius 3 is 2.63 bits per heavy atom. The molecule has 0 bridgehead atoms. The largest absolute Gasteiger partial charge is 0.366 e. The van der Waals surface area contributed by atoms with Gasteiger partial charge in [-0.15, -0.1) is 0 Å². The Hall–Kier alpha value is -2.70. The molecule has 0 unspecified atom stereocenters. The van der Waals surface area contributed by atoms with Crippen LogP contribution in [0.1, 0.15) is 35.9 Å². The number of unbranched alkanes of at least 4 members (excludes halogenated alkanes) is 1. The molecule has 144 valence electrons. The first-order valence-corrected chi connectivity index (χ1v) is 9.47. The average Bonchev–Trinajstić information content (AvgIpc) is 2.68. The standard InChI is InChI=1S/C20H26FN5O/c1-3-4-9-22-20-23-15(2)14-17(24-20)19(27)26-12-10-25(11-13-26)18-8-6-5-7-16(18)21/h5-8,14H,3-4,9-13H2,1-2H3,(H,22,23,24). The lowest BCUT2D eigenvalue weighted by atomic mass is 10.2. The first-order valence-electron chi connectivity index (χ1n) is 9.47. The van der Waals surface area contributed by atoms with Gasteiger partial charge in [-0.2, -0.15) is 0 Å². The van der Waals surface area contributed by atoms with E-state index in [1.165, 1.54) is 6.07 Å². The summed E-state index contributed by atoms with van der Waals surface area (Å²) >= 11 is 0. The molecule has 27 heavy (non-hydrogen) atoms. The molecule has 1 amide bonds. The third kappa shape index (κ3) is 4.72. The summed E-state index contributed by atoms with van der Waals surface area (Å²) in [6.07, 6.45) is 2.11. The number of hydrogen-bond donors (Lipinski definition) is 1.